The van der Waals surface area contributed by atoms with Crippen LogP contribution >= 0.6 is 0 Å². The lowest BCUT2D eigenvalue weighted by molar-refractivity contribution is -0.199. The normalized spacial score (nSPS) is 43.7. The van der Waals surface area contributed by atoms with Crippen molar-refractivity contribution in [2.45, 2.75) is 129 Å². The van der Waals surface area contributed by atoms with Gasteiger partial charge in [-0.3, -0.25) is 9.59 Å². The van der Waals surface area contributed by atoms with Crippen LogP contribution in [-0.4, -0.2) is 54.8 Å². The van der Waals surface area contributed by atoms with Gasteiger partial charge < -0.3 is 25.3 Å². The van der Waals surface area contributed by atoms with Gasteiger partial charge in [-0.1, -0.05) is 20.3 Å². The molecule has 1 saturated heterocycles. The average Bonchev–Trinajstić information content (AvgIpc) is 3.41. The summed E-state index contributed by atoms with van der Waals surface area (Å²) in [5.41, 5.74) is -1.05. The molecule has 6 rings (SSSR count). The smallest absolute Gasteiger partial charge is 0.405 e. The molecule has 7 nitrogen and oxygen atoms in total. The first-order valence-electron chi connectivity index (χ1n) is 14.8. The lowest BCUT2D eigenvalue weighted by atomic mass is 9.43. The van der Waals surface area contributed by atoms with Crippen LogP contribution in [0.25, 0.3) is 0 Å². The Labute approximate surface area is 224 Å². The summed E-state index contributed by atoms with van der Waals surface area (Å²) in [6, 6.07) is 0.484. The van der Waals surface area contributed by atoms with Gasteiger partial charge in [-0.05, 0) is 115 Å². The molecule has 6 fully saturated rings. The quantitative estimate of drug-likeness (QED) is 0.448. The van der Waals surface area contributed by atoms with Crippen LogP contribution in [-0.2, 0) is 18.9 Å². The molecular weight excluding hydrogens is 465 g/mol. The van der Waals surface area contributed by atoms with Gasteiger partial charge in [0.25, 0.3) is 0 Å². The first kappa shape index (κ1) is 27.5. The second kappa shape index (κ2) is 9.23. The van der Waals surface area contributed by atoms with E-state index >= 15 is 0 Å². The first-order valence-corrected chi connectivity index (χ1v) is 14.8. The number of nitrogens with one attached hydrogen (secondary N) is 3. The van der Waals surface area contributed by atoms with Crippen molar-refractivity contribution in [3.8, 4) is 0 Å². The Bertz CT molecular complexity index is 921. The Kier molecular flexibility index (Phi) is 6.85. The van der Waals surface area contributed by atoms with Gasteiger partial charge in [0.15, 0.2) is 0 Å². The fraction of sp³-hybridized carbons (Fsp3) is 0.931. The van der Waals surface area contributed by atoms with E-state index in [-0.39, 0.29) is 42.1 Å². The second-order valence-corrected chi connectivity index (χ2v) is 14.9. The van der Waals surface area contributed by atoms with Gasteiger partial charge in [0.1, 0.15) is 5.54 Å². The summed E-state index contributed by atoms with van der Waals surface area (Å²) in [6.07, 6.45) is 8.06. The lowest BCUT2D eigenvalue weighted by Gasteiger charge is -2.64. The third kappa shape index (κ3) is 4.57. The van der Waals surface area contributed by atoms with E-state index in [2.05, 4.69) is 36.7 Å². The van der Waals surface area contributed by atoms with Gasteiger partial charge in [0, 0.05) is 18.5 Å². The van der Waals surface area contributed by atoms with Crippen LogP contribution in [0.3, 0.4) is 0 Å². The Morgan fingerprint density at radius 3 is 2.43 bits per heavy atom. The van der Waals surface area contributed by atoms with E-state index in [9.17, 15) is 9.59 Å². The van der Waals surface area contributed by atoms with E-state index < -0.39 is 5.54 Å². The molecule has 3 N–H and O–H groups in total. The monoisotopic (exact) mass is 515 g/mol. The molecular formula is C29H50BN3O4. The number of carbonyl (C=O) groups is 2. The largest absolute Gasteiger partial charge is 0.457 e. The Hall–Kier alpha value is -1.12. The van der Waals surface area contributed by atoms with E-state index in [1.54, 1.807) is 6.92 Å². The number of amides is 2. The molecule has 1 heterocycles. The van der Waals surface area contributed by atoms with Crippen molar-refractivity contribution in [2.75, 3.05) is 7.05 Å². The highest BCUT2D eigenvalue weighted by atomic mass is 16.7. The standard InChI is InChI=1S/C29H50BN3O4/c1-17(34)32-29(25(35)33-26(2,3)4)16-18-12-20(31-8)15-21(18)22(29)10-9-11-30-36-24-14-19-13-23(27(19,5)6)28(24,7)37-30/h18-24,31H,9-16H2,1-8H3,(H,32,34)(H,33,35)/t18-,19+,20+,21-,22+,23+,24-,28+,29+/m1/s1. The maximum Gasteiger partial charge on any atom is 0.457 e. The molecule has 0 aromatic rings. The Morgan fingerprint density at radius 2 is 1.81 bits per heavy atom. The van der Waals surface area contributed by atoms with Crippen LogP contribution in [0.1, 0.15) is 93.4 Å². The van der Waals surface area contributed by atoms with Crippen molar-refractivity contribution in [1.82, 2.24) is 16.0 Å². The summed E-state index contributed by atoms with van der Waals surface area (Å²) in [7, 11) is 1.86. The molecule has 0 unspecified atom stereocenters. The molecule has 37 heavy (non-hydrogen) atoms. The first-order chi connectivity index (χ1) is 17.2. The summed E-state index contributed by atoms with van der Waals surface area (Å²) < 4.78 is 13.2. The van der Waals surface area contributed by atoms with Crippen molar-refractivity contribution < 1.29 is 18.9 Å². The van der Waals surface area contributed by atoms with Crippen molar-refractivity contribution in [3.63, 3.8) is 0 Å². The molecule has 6 aliphatic rings. The van der Waals surface area contributed by atoms with Gasteiger partial charge in [0.05, 0.1) is 11.7 Å². The molecule has 0 aromatic heterocycles. The van der Waals surface area contributed by atoms with Crippen LogP contribution in [0, 0.1) is 35.0 Å². The van der Waals surface area contributed by atoms with Gasteiger partial charge in [0.2, 0.25) is 11.8 Å². The van der Waals surface area contributed by atoms with Crippen LogP contribution in [0.5, 0.6) is 0 Å². The van der Waals surface area contributed by atoms with Gasteiger partial charge in [-0.15, -0.1) is 0 Å². The molecule has 2 bridgehead atoms. The zero-order valence-corrected chi connectivity index (χ0v) is 24.4. The summed E-state index contributed by atoms with van der Waals surface area (Å²) in [4.78, 5) is 26.3. The van der Waals surface area contributed by atoms with Crippen LogP contribution in [0.2, 0.25) is 6.32 Å². The number of hydrogen-bond donors (Lipinski definition) is 3. The zero-order valence-electron chi connectivity index (χ0n) is 24.4. The van der Waals surface area contributed by atoms with Crippen molar-refractivity contribution in [3.05, 3.63) is 0 Å². The van der Waals surface area contributed by atoms with Crippen LogP contribution in [0.15, 0.2) is 0 Å². The molecule has 0 radical (unpaired) electrons. The molecule has 2 amide bonds. The third-order valence-corrected chi connectivity index (χ3v) is 11.1. The fourth-order valence-corrected chi connectivity index (χ4v) is 9.32. The predicted octanol–water partition coefficient (Wildman–Crippen LogP) is 3.92. The minimum Gasteiger partial charge on any atom is -0.405 e. The van der Waals surface area contributed by atoms with Crippen molar-refractivity contribution in [2.24, 2.45) is 35.0 Å². The summed E-state index contributed by atoms with van der Waals surface area (Å²) in [5.74, 6) is 2.13. The number of hydrogen-bond acceptors (Lipinski definition) is 5. The van der Waals surface area contributed by atoms with Gasteiger partial charge in [-0.25, -0.2) is 0 Å². The molecule has 8 heteroatoms. The highest BCUT2D eigenvalue weighted by Gasteiger charge is 2.68. The van der Waals surface area contributed by atoms with Gasteiger partial charge >= 0.3 is 7.12 Å². The number of fused-ring (bicyclic) bond motifs is 1. The fourth-order valence-electron chi connectivity index (χ4n) is 9.32. The molecule has 208 valence electrons. The number of rotatable bonds is 7. The molecule has 5 saturated carbocycles. The zero-order chi connectivity index (χ0) is 27.0. The Balaban J connectivity index is 1.30. The molecule has 9 atom stereocenters. The highest BCUT2D eigenvalue weighted by molar-refractivity contribution is 6.45. The average molecular weight is 516 g/mol. The predicted molar refractivity (Wildman–Crippen MR) is 146 cm³/mol. The summed E-state index contributed by atoms with van der Waals surface area (Å²) in [5, 5.41) is 9.89. The third-order valence-electron chi connectivity index (χ3n) is 11.1. The van der Waals surface area contributed by atoms with E-state index in [4.69, 9.17) is 9.31 Å². The minimum atomic E-state index is -0.851. The van der Waals surface area contributed by atoms with Crippen LogP contribution in [0.4, 0.5) is 0 Å². The molecule has 0 spiro atoms. The summed E-state index contributed by atoms with van der Waals surface area (Å²) >= 11 is 0. The molecule has 5 aliphatic carbocycles. The topological polar surface area (TPSA) is 88.7 Å². The maximum atomic E-state index is 13.9. The SMILES string of the molecule is CN[C@H]1C[C@@H]2C[C@@](NC(C)=O)(C(=O)NC(C)(C)C)[C@@H](CCCB3O[C@@H]4C[C@@H]5C[C@@H](C5(C)C)[C@]4(C)O3)[C@@H]2C1. The summed E-state index contributed by atoms with van der Waals surface area (Å²) in [6.45, 7) is 14.6. The molecule has 0 aromatic carbocycles. The molecule has 1 aliphatic heterocycles. The van der Waals surface area contributed by atoms with Crippen molar-refractivity contribution >= 4 is 18.9 Å². The van der Waals surface area contributed by atoms with E-state index in [0.29, 0.717) is 29.2 Å². The number of carbonyl (C=O) groups excluding carboxylic acids is 2. The van der Waals surface area contributed by atoms with E-state index in [1.807, 2.05) is 27.8 Å². The Morgan fingerprint density at radius 1 is 1.08 bits per heavy atom. The second-order valence-electron chi connectivity index (χ2n) is 14.9. The van der Waals surface area contributed by atoms with Crippen molar-refractivity contribution in [1.29, 1.82) is 0 Å². The van der Waals surface area contributed by atoms with E-state index in [1.165, 1.54) is 6.42 Å². The maximum absolute atomic E-state index is 13.9. The van der Waals surface area contributed by atoms with Crippen LogP contribution < -0.4 is 16.0 Å². The lowest BCUT2D eigenvalue weighted by Crippen LogP contribution is -2.65. The van der Waals surface area contributed by atoms with E-state index in [0.717, 1.165) is 50.8 Å². The minimum absolute atomic E-state index is 0.0236. The highest BCUT2D eigenvalue weighted by Crippen LogP contribution is 2.66. The van der Waals surface area contributed by atoms with Gasteiger partial charge in [-0.2, -0.15) is 0 Å².